The number of nitrogens with zero attached hydrogens (tertiary/aromatic N) is 2. The fourth-order valence-electron chi connectivity index (χ4n) is 1.94. The van der Waals surface area contributed by atoms with Gasteiger partial charge in [0.25, 0.3) is 0 Å². The van der Waals surface area contributed by atoms with Crippen molar-refractivity contribution in [2.75, 3.05) is 13.2 Å². The van der Waals surface area contributed by atoms with Gasteiger partial charge in [-0.3, -0.25) is 0 Å². The number of hydrogen-bond donors (Lipinski definition) is 0. The van der Waals surface area contributed by atoms with Crippen LogP contribution in [0.1, 0.15) is 20.3 Å². The third kappa shape index (κ3) is 2.96. The first-order valence-corrected chi connectivity index (χ1v) is 6.11. The molecule has 0 amide bonds. The van der Waals surface area contributed by atoms with Gasteiger partial charge in [0.2, 0.25) is 0 Å². The average Bonchev–Trinajstić information content (AvgIpc) is 2.93. The van der Waals surface area contributed by atoms with Gasteiger partial charge in [-0.2, -0.15) is 0 Å². The number of carbonyl (C=O) groups excluding carboxylic acids is 2. The molecule has 1 saturated heterocycles. The van der Waals surface area contributed by atoms with E-state index in [1.54, 1.807) is 13.8 Å². The highest BCUT2D eigenvalue weighted by Gasteiger charge is 2.47. The number of ether oxygens (including phenoxy) is 2. The normalized spacial score (nSPS) is 25.4. The van der Waals surface area contributed by atoms with Gasteiger partial charge in [0.05, 0.1) is 25.3 Å². The number of hydrogen-bond acceptors (Lipinski definition) is 8. The summed E-state index contributed by atoms with van der Waals surface area (Å²) in [6, 6.07) is -0.326. The quantitative estimate of drug-likeness (QED) is 0.561. The van der Waals surface area contributed by atoms with Gasteiger partial charge < -0.3 is 19.1 Å². The molecule has 0 N–H and O–H groups in total. The van der Waals surface area contributed by atoms with E-state index >= 15 is 0 Å². The van der Waals surface area contributed by atoms with Gasteiger partial charge in [0.15, 0.2) is 0 Å². The van der Waals surface area contributed by atoms with E-state index in [1.807, 2.05) is 12.2 Å². The first kappa shape index (κ1) is 13.6. The predicted octanol–water partition coefficient (Wildman–Crippen LogP) is 1.39. The molecule has 0 spiro atoms. The molecular weight excluding hydrogens is 256 g/mol. The minimum atomic E-state index is -0.846. The summed E-state index contributed by atoms with van der Waals surface area (Å²) in [5.41, 5.74) is 0. The van der Waals surface area contributed by atoms with E-state index in [4.69, 9.17) is 9.68 Å². The van der Waals surface area contributed by atoms with Crippen LogP contribution in [0.15, 0.2) is 12.2 Å². The summed E-state index contributed by atoms with van der Waals surface area (Å²) in [7, 11) is 0. The number of hydrazine groups is 1. The summed E-state index contributed by atoms with van der Waals surface area (Å²) >= 11 is 0. The summed E-state index contributed by atoms with van der Waals surface area (Å²) in [5, 5.41) is 2.36. The molecule has 2 bridgehead atoms. The highest BCUT2D eigenvalue weighted by molar-refractivity contribution is 5.60. The largest absolute Gasteiger partial charge is 0.529 e. The fraction of sp³-hybridized carbons (Fsp3) is 0.636. The van der Waals surface area contributed by atoms with Gasteiger partial charge in [-0.05, 0) is 30.6 Å². The molecule has 0 aromatic heterocycles. The molecule has 8 nitrogen and oxygen atoms in total. The summed E-state index contributed by atoms with van der Waals surface area (Å²) in [6.07, 6.45) is 2.71. The van der Waals surface area contributed by atoms with Gasteiger partial charge in [-0.1, -0.05) is 12.2 Å². The zero-order valence-electron chi connectivity index (χ0n) is 10.8. The molecule has 8 heteroatoms. The Kier molecular flexibility index (Phi) is 4.23. The van der Waals surface area contributed by atoms with Crippen molar-refractivity contribution in [3.63, 3.8) is 0 Å². The van der Waals surface area contributed by atoms with Crippen LogP contribution in [0.25, 0.3) is 0 Å². The van der Waals surface area contributed by atoms with E-state index in [1.165, 1.54) is 10.3 Å². The van der Waals surface area contributed by atoms with Crippen molar-refractivity contribution in [2.45, 2.75) is 32.4 Å². The second kappa shape index (κ2) is 5.89. The van der Waals surface area contributed by atoms with Crippen molar-refractivity contribution in [1.29, 1.82) is 0 Å². The monoisotopic (exact) mass is 272 g/mol. The molecule has 0 radical (unpaired) electrons. The summed E-state index contributed by atoms with van der Waals surface area (Å²) in [5.74, 6) is 0. The van der Waals surface area contributed by atoms with Gasteiger partial charge >= 0.3 is 12.3 Å². The lowest BCUT2D eigenvalue weighted by molar-refractivity contribution is -0.363. The van der Waals surface area contributed by atoms with E-state index in [9.17, 15) is 9.59 Å². The van der Waals surface area contributed by atoms with Crippen LogP contribution in [0, 0.1) is 0 Å². The standard InChI is InChI=1S/C11H16N2O6/c1-3-16-10(14)18-12-8-5-6-9(7-8)13(12)19-11(15)17-4-2/h5-6,8-9H,3-4,7H2,1-2H3. The topological polar surface area (TPSA) is 77.5 Å². The fourth-order valence-corrected chi connectivity index (χ4v) is 1.94. The molecule has 2 aliphatic rings. The maximum absolute atomic E-state index is 11.3. The third-order valence-electron chi connectivity index (χ3n) is 2.66. The second-order valence-electron chi connectivity index (χ2n) is 3.91. The summed E-state index contributed by atoms with van der Waals surface area (Å²) in [4.78, 5) is 32.6. The second-order valence-corrected chi connectivity index (χ2v) is 3.91. The van der Waals surface area contributed by atoms with Gasteiger partial charge in [-0.15, -0.1) is 0 Å². The van der Waals surface area contributed by atoms with Crippen LogP contribution >= 0.6 is 0 Å². The van der Waals surface area contributed by atoms with Crippen LogP contribution < -0.4 is 0 Å². The maximum Gasteiger partial charge on any atom is 0.529 e. The molecule has 1 aliphatic carbocycles. The smallest absolute Gasteiger partial charge is 0.433 e. The van der Waals surface area contributed by atoms with E-state index in [2.05, 4.69) is 9.47 Å². The Bertz CT molecular complexity index is 351. The molecule has 1 aliphatic heterocycles. The van der Waals surface area contributed by atoms with Gasteiger partial charge in [-0.25, -0.2) is 9.59 Å². The van der Waals surface area contributed by atoms with E-state index in [-0.39, 0.29) is 25.3 Å². The highest BCUT2D eigenvalue weighted by Crippen LogP contribution is 2.33. The molecule has 106 valence electrons. The lowest BCUT2D eigenvalue weighted by Crippen LogP contribution is -2.47. The molecule has 1 fully saturated rings. The van der Waals surface area contributed by atoms with Crippen molar-refractivity contribution >= 4 is 12.3 Å². The molecule has 19 heavy (non-hydrogen) atoms. The van der Waals surface area contributed by atoms with Crippen molar-refractivity contribution in [1.82, 2.24) is 10.3 Å². The van der Waals surface area contributed by atoms with Crippen LogP contribution in [0.5, 0.6) is 0 Å². The molecule has 2 unspecified atom stereocenters. The Balaban J connectivity index is 1.97. The molecule has 2 atom stereocenters. The van der Waals surface area contributed by atoms with E-state index in [0.717, 1.165) is 0 Å². The maximum atomic E-state index is 11.3. The molecule has 0 aromatic carbocycles. The molecule has 2 rings (SSSR count). The zero-order chi connectivity index (χ0) is 13.8. The van der Waals surface area contributed by atoms with Crippen molar-refractivity contribution < 1.29 is 28.7 Å². The number of carbonyl (C=O) groups is 2. The van der Waals surface area contributed by atoms with Crippen molar-refractivity contribution in [3.8, 4) is 0 Å². The number of rotatable bonds is 4. The first-order chi connectivity index (χ1) is 9.15. The van der Waals surface area contributed by atoms with Crippen molar-refractivity contribution in [3.05, 3.63) is 12.2 Å². The minimum absolute atomic E-state index is 0.163. The zero-order valence-corrected chi connectivity index (χ0v) is 10.8. The van der Waals surface area contributed by atoms with Crippen molar-refractivity contribution in [2.24, 2.45) is 0 Å². The lowest BCUT2D eigenvalue weighted by Gasteiger charge is -2.30. The molecular formula is C11H16N2O6. The van der Waals surface area contributed by atoms with E-state index in [0.29, 0.717) is 6.42 Å². The summed E-state index contributed by atoms with van der Waals surface area (Å²) in [6.45, 7) is 3.75. The van der Waals surface area contributed by atoms with Crippen LogP contribution in [-0.2, 0) is 19.1 Å². The van der Waals surface area contributed by atoms with Gasteiger partial charge in [0, 0.05) is 0 Å². The minimum Gasteiger partial charge on any atom is -0.433 e. The Morgan fingerprint density at radius 3 is 1.79 bits per heavy atom. The summed E-state index contributed by atoms with van der Waals surface area (Å²) < 4.78 is 9.37. The number of hydroxylamine groups is 2. The Morgan fingerprint density at radius 1 is 1.00 bits per heavy atom. The van der Waals surface area contributed by atoms with E-state index < -0.39 is 12.3 Å². The Labute approximate surface area is 110 Å². The Morgan fingerprint density at radius 2 is 1.42 bits per heavy atom. The highest BCUT2D eigenvalue weighted by atomic mass is 16.9. The molecule has 1 heterocycles. The third-order valence-corrected chi connectivity index (χ3v) is 2.66. The number of fused-ring (bicyclic) bond motifs is 2. The SMILES string of the molecule is CCOC(=O)ON1C2C=CC(C2)N1OC(=O)OCC. The predicted molar refractivity (Wildman–Crippen MR) is 61.2 cm³/mol. The first-order valence-electron chi connectivity index (χ1n) is 6.11. The van der Waals surface area contributed by atoms with Crippen LogP contribution in [0.3, 0.4) is 0 Å². The van der Waals surface area contributed by atoms with Crippen LogP contribution in [-0.4, -0.2) is 48.0 Å². The van der Waals surface area contributed by atoms with Gasteiger partial charge in [0.1, 0.15) is 0 Å². The lowest BCUT2D eigenvalue weighted by atomic mass is 10.3. The van der Waals surface area contributed by atoms with Crippen LogP contribution in [0.2, 0.25) is 0 Å². The molecule has 0 aromatic rings. The Hall–Kier alpha value is -1.80. The van der Waals surface area contributed by atoms with Crippen LogP contribution in [0.4, 0.5) is 9.59 Å². The molecule has 0 saturated carbocycles. The average molecular weight is 272 g/mol.